The van der Waals surface area contributed by atoms with Gasteiger partial charge in [-0.3, -0.25) is 9.20 Å². The van der Waals surface area contributed by atoms with E-state index in [0.29, 0.717) is 18.5 Å². The summed E-state index contributed by atoms with van der Waals surface area (Å²) in [6, 6.07) is 17.2. The molecule has 6 heteroatoms. The molecule has 0 spiro atoms. The van der Waals surface area contributed by atoms with Crippen molar-refractivity contribution in [1.29, 1.82) is 0 Å². The summed E-state index contributed by atoms with van der Waals surface area (Å²) in [7, 11) is 0. The second-order valence-electron chi connectivity index (χ2n) is 5.69. The number of fused-ring (bicyclic) bond motifs is 1. The Bertz CT molecular complexity index is 1000. The van der Waals surface area contributed by atoms with Crippen molar-refractivity contribution in [2.45, 2.75) is 6.42 Å². The van der Waals surface area contributed by atoms with Gasteiger partial charge in [-0.15, -0.1) is 10.2 Å². The van der Waals surface area contributed by atoms with Gasteiger partial charge in [0.05, 0.1) is 0 Å². The fourth-order valence-corrected chi connectivity index (χ4v) is 2.77. The van der Waals surface area contributed by atoms with Crippen LogP contribution in [0.15, 0.2) is 73.2 Å². The minimum Gasteiger partial charge on any atom is -0.352 e. The number of amides is 1. The summed E-state index contributed by atoms with van der Waals surface area (Å²) in [5, 5.41) is 11.2. The van der Waals surface area contributed by atoms with Gasteiger partial charge in [-0.25, -0.2) is 0 Å². The second kappa shape index (κ2) is 6.60. The molecule has 0 aliphatic rings. The molecule has 0 bridgehead atoms. The highest BCUT2D eigenvalue weighted by atomic mass is 16.1. The van der Waals surface area contributed by atoms with E-state index in [9.17, 15) is 4.79 Å². The standard InChI is InChI=1S/C19H17N5O/c25-19(15-6-5-7-16(14-15)23-11-3-4-12-23)20-10-9-18-22-21-17-8-1-2-13-24(17)18/h1-8,11-14H,9-10H2,(H,20,25). The molecule has 0 saturated carbocycles. The van der Waals surface area contributed by atoms with E-state index >= 15 is 0 Å². The Morgan fingerprint density at radius 3 is 2.68 bits per heavy atom. The van der Waals surface area contributed by atoms with Gasteiger partial charge >= 0.3 is 0 Å². The van der Waals surface area contributed by atoms with Crippen molar-refractivity contribution in [3.05, 3.63) is 84.6 Å². The van der Waals surface area contributed by atoms with E-state index in [1.165, 1.54) is 0 Å². The molecule has 0 radical (unpaired) electrons. The van der Waals surface area contributed by atoms with E-state index in [2.05, 4.69) is 15.5 Å². The molecule has 1 amide bonds. The predicted octanol–water partition coefficient (Wildman–Crippen LogP) is 2.49. The quantitative estimate of drug-likeness (QED) is 0.611. The lowest BCUT2D eigenvalue weighted by Crippen LogP contribution is -2.26. The maximum Gasteiger partial charge on any atom is 0.251 e. The van der Waals surface area contributed by atoms with Crippen LogP contribution in [0.25, 0.3) is 11.3 Å². The molecular weight excluding hydrogens is 314 g/mol. The maximum atomic E-state index is 12.4. The molecule has 0 saturated heterocycles. The van der Waals surface area contributed by atoms with Crippen LogP contribution in [0.4, 0.5) is 0 Å². The van der Waals surface area contributed by atoms with Gasteiger partial charge in [0, 0.05) is 42.8 Å². The lowest BCUT2D eigenvalue weighted by Gasteiger charge is -2.07. The highest BCUT2D eigenvalue weighted by Crippen LogP contribution is 2.11. The number of carbonyl (C=O) groups excluding carboxylic acids is 1. The van der Waals surface area contributed by atoms with Crippen molar-refractivity contribution in [2.24, 2.45) is 0 Å². The molecule has 4 rings (SSSR count). The number of nitrogens with one attached hydrogen (secondary N) is 1. The summed E-state index contributed by atoms with van der Waals surface area (Å²) >= 11 is 0. The molecule has 6 nitrogen and oxygen atoms in total. The number of aromatic nitrogens is 4. The Morgan fingerprint density at radius 2 is 1.80 bits per heavy atom. The zero-order valence-corrected chi connectivity index (χ0v) is 13.5. The average Bonchev–Trinajstić information content (AvgIpc) is 3.32. The largest absolute Gasteiger partial charge is 0.352 e. The van der Waals surface area contributed by atoms with Crippen molar-refractivity contribution >= 4 is 11.6 Å². The normalized spacial score (nSPS) is 10.9. The topological polar surface area (TPSA) is 64.2 Å². The lowest BCUT2D eigenvalue weighted by molar-refractivity contribution is 0.0954. The first-order valence-corrected chi connectivity index (χ1v) is 8.11. The fourth-order valence-electron chi connectivity index (χ4n) is 2.77. The molecule has 3 heterocycles. The minimum absolute atomic E-state index is 0.0946. The molecule has 3 aromatic heterocycles. The third-order valence-corrected chi connectivity index (χ3v) is 4.03. The van der Waals surface area contributed by atoms with Crippen molar-refractivity contribution < 1.29 is 4.79 Å². The van der Waals surface area contributed by atoms with E-state index in [1.54, 1.807) is 0 Å². The number of nitrogens with zero attached hydrogens (tertiary/aromatic N) is 4. The van der Waals surface area contributed by atoms with E-state index in [0.717, 1.165) is 17.2 Å². The Kier molecular flexibility index (Phi) is 4.00. The minimum atomic E-state index is -0.0946. The van der Waals surface area contributed by atoms with Crippen LogP contribution >= 0.6 is 0 Å². The molecule has 1 aromatic carbocycles. The van der Waals surface area contributed by atoms with E-state index in [4.69, 9.17) is 0 Å². The van der Waals surface area contributed by atoms with Crippen LogP contribution in [0.3, 0.4) is 0 Å². The fraction of sp³-hybridized carbons (Fsp3) is 0.105. The summed E-state index contributed by atoms with van der Waals surface area (Å²) in [5.41, 5.74) is 2.40. The van der Waals surface area contributed by atoms with Crippen LogP contribution in [0.1, 0.15) is 16.2 Å². The van der Waals surface area contributed by atoms with Crippen LogP contribution in [0, 0.1) is 0 Å². The number of hydrogen-bond acceptors (Lipinski definition) is 3. The Balaban J connectivity index is 1.42. The molecule has 4 aromatic rings. The van der Waals surface area contributed by atoms with Gasteiger partial charge in [-0.05, 0) is 42.5 Å². The Morgan fingerprint density at radius 1 is 0.960 bits per heavy atom. The van der Waals surface area contributed by atoms with E-state index in [1.807, 2.05) is 82.2 Å². The summed E-state index contributed by atoms with van der Waals surface area (Å²) in [5.74, 6) is 0.736. The molecule has 25 heavy (non-hydrogen) atoms. The first-order chi connectivity index (χ1) is 12.3. The highest BCUT2D eigenvalue weighted by molar-refractivity contribution is 5.94. The summed E-state index contributed by atoms with van der Waals surface area (Å²) in [6.45, 7) is 0.502. The molecule has 0 aliphatic heterocycles. The molecular formula is C19H17N5O. The van der Waals surface area contributed by atoms with Gasteiger partial charge in [-0.2, -0.15) is 0 Å². The molecule has 0 aliphatic carbocycles. The maximum absolute atomic E-state index is 12.4. The number of hydrogen-bond donors (Lipinski definition) is 1. The number of rotatable bonds is 5. The van der Waals surface area contributed by atoms with Crippen molar-refractivity contribution in [1.82, 2.24) is 24.5 Å². The number of pyridine rings is 1. The van der Waals surface area contributed by atoms with Gasteiger partial charge in [0.2, 0.25) is 0 Å². The SMILES string of the molecule is O=C(NCCc1nnc2ccccn12)c1cccc(-n2cccc2)c1. The van der Waals surface area contributed by atoms with E-state index < -0.39 is 0 Å². The van der Waals surface area contributed by atoms with Crippen molar-refractivity contribution in [2.75, 3.05) is 6.54 Å². The molecule has 124 valence electrons. The van der Waals surface area contributed by atoms with E-state index in [-0.39, 0.29) is 5.91 Å². The van der Waals surface area contributed by atoms with Crippen LogP contribution < -0.4 is 5.32 Å². The van der Waals surface area contributed by atoms with Gasteiger partial charge < -0.3 is 9.88 Å². The summed E-state index contributed by atoms with van der Waals surface area (Å²) in [6.07, 6.45) is 6.45. The van der Waals surface area contributed by atoms with Gasteiger partial charge in [0.25, 0.3) is 5.91 Å². The van der Waals surface area contributed by atoms with Crippen molar-refractivity contribution in [3.8, 4) is 5.69 Å². The predicted molar refractivity (Wildman–Crippen MR) is 94.8 cm³/mol. The lowest BCUT2D eigenvalue weighted by atomic mass is 10.2. The molecule has 0 fully saturated rings. The first-order valence-electron chi connectivity index (χ1n) is 8.11. The van der Waals surface area contributed by atoms with Crippen LogP contribution in [-0.4, -0.2) is 31.6 Å². The third kappa shape index (κ3) is 3.14. The third-order valence-electron chi connectivity index (χ3n) is 4.03. The van der Waals surface area contributed by atoms with Crippen LogP contribution in [0.5, 0.6) is 0 Å². The average molecular weight is 331 g/mol. The molecule has 1 N–H and O–H groups in total. The summed E-state index contributed by atoms with van der Waals surface area (Å²) < 4.78 is 3.90. The van der Waals surface area contributed by atoms with Crippen molar-refractivity contribution in [3.63, 3.8) is 0 Å². The van der Waals surface area contributed by atoms with Crippen LogP contribution in [0.2, 0.25) is 0 Å². The Labute approximate surface area is 144 Å². The number of carbonyl (C=O) groups is 1. The zero-order chi connectivity index (χ0) is 17.1. The molecule has 0 atom stereocenters. The zero-order valence-electron chi connectivity index (χ0n) is 13.5. The second-order valence-corrected chi connectivity index (χ2v) is 5.69. The van der Waals surface area contributed by atoms with Gasteiger partial charge in [0.1, 0.15) is 5.82 Å². The molecule has 0 unspecified atom stereocenters. The monoisotopic (exact) mass is 331 g/mol. The number of benzene rings is 1. The Hall–Kier alpha value is -3.41. The first kappa shape index (κ1) is 15.1. The summed E-state index contributed by atoms with van der Waals surface area (Å²) in [4.78, 5) is 12.4. The van der Waals surface area contributed by atoms with Gasteiger partial charge in [-0.1, -0.05) is 12.1 Å². The highest BCUT2D eigenvalue weighted by Gasteiger charge is 2.08. The van der Waals surface area contributed by atoms with Crippen LogP contribution in [-0.2, 0) is 6.42 Å². The van der Waals surface area contributed by atoms with Gasteiger partial charge in [0.15, 0.2) is 5.65 Å². The smallest absolute Gasteiger partial charge is 0.251 e.